The molecule has 0 aromatic rings. The summed E-state index contributed by atoms with van der Waals surface area (Å²) >= 11 is 1.95. The van der Waals surface area contributed by atoms with E-state index >= 15 is 0 Å². The highest BCUT2D eigenvalue weighted by Crippen LogP contribution is 2.19. The molecule has 14 heavy (non-hydrogen) atoms. The fourth-order valence-corrected chi connectivity index (χ4v) is 2.62. The summed E-state index contributed by atoms with van der Waals surface area (Å²) in [7, 11) is 0. The van der Waals surface area contributed by atoms with E-state index in [-0.39, 0.29) is 0 Å². The number of thioether (sulfide) groups is 1. The van der Waals surface area contributed by atoms with E-state index in [1.165, 1.54) is 38.2 Å². The lowest BCUT2D eigenvalue weighted by Gasteiger charge is -2.43. The Hall–Kier alpha value is 0.270. The fourth-order valence-electron chi connectivity index (χ4n) is 2.18. The van der Waals surface area contributed by atoms with Gasteiger partial charge in [0.1, 0.15) is 0 Å². The van der Waals surface area contributed by atoms with Gasteiger partial charge in [-0.3, -0.25) is 4.90 Å². The largest absolute Gasteiger partial charge is 0.309 e. The SMILES string of the molecule is CCC1(CC)CN(CCSC)CCN1. The third-order valence-corrected chi connectivity index (χ3v) is 4.01. The Morgan fingerprint density at radius 2 is 2.07 bits per heavy atom. The number of hydrogen-bond acceptors (Lipinski definition) is 3. The van der Waals surface area contributed by atoms with Crippen molar-refractivity contribution in [3.63, 3.8) is 0 Å². The summed E-state index contributed by atoms with van der Waals surface area (Å²) < 4.78 is 0. The van der Waals surface area contributed by atoms with Crippen molar-refractivity contribution in [1.29, 1.82) is 0 Å². The van der Waals surface area contributed by atoms with Crippen molar-refractivity contribution in [3.8, 4) is 0 Å². The van der Waals surface area contributed by atoms with Gasteiger partial charge < -0.3 is 5.32 Å². The average molecular weight is 216 g/mol. The van der Waals surface area contributed by atoms with Crippen molar-refractivity contribution >= 4 is 11.8 Å². The summed E-state index contributed by atoms with van der Waals surface area (Å²) in [5, 5.41) is 3.69. The van der Waals surface area contributed by atoms with Crippen LogP contribution >= 0.6 is 11.8 Å². The molecule has 0 radical (unpaired) electrons. The molecule has 1 rings (SSSR count). The van der Waals surface area contributed by atoms with Gasteiger partial charge in [0, 0.05) is 37.5 Å². The number of hydrogen-bond donors (Lipinski definition) is 1. The molecule has 3 heteroatoms. The minimum atomic E-state index is 0.399. The van der Waals surface area contributed by atoms with Crippen molar-refractivity contribution in [2.24, 2.45) is 0 Å². The predicted octanol–water partition coefficient (Wildman–Crippen LogP) is 1.81. The molecule has 1 fully saturated rings. The Bertz CT molecular complexity index is 157. The van der Waals surface area contributed by atoms with E-state index in [4.69, 9.17) is 0 Å². The smallest absolute Gasteiger partial charge is 0.0304 e. The quantitative estimate of drug-likeness (QED) is 0.754. The summed E-state index contributed by atoms with van der Waals surface area (Å²) in [6.45, 7) is 9.48. The monoisotopic (exact) mass is 216 g/mol. The summed E-state index contributed by atoms with van der Waals surface area (Å²) in [5.74, 6) is 1.27. The molecule has 1 N–H and O–H groups in total. The second kappa shape index (κ2) is 5.99. The van der Waals surface area contributed by atoms with Crippen molar-refractivity contribution in [2.75, 3.05) is 38.2 Å². The molecule has 0 spiro atoms. The first-order valence-corrected chi connectivity index (χ1v) is 7.12. The highest BCUT2D eigenvalue weighted by Gasteiger charge is 2.31. The third-order valence-electron chi connectivity index (χ3n) is 3.42. The van der Waals surface area contributed by atoms with Gasteiger partial charge in [-0.1, -0.05) is 13.8 Å². The molecule has 0 atom stereocenters. The van der Waals surface area contributed by atoms with Crippen molar-refractivity contribution in [1.82, 2.24) is 10.2 Å². The second-order valence-corrected chi connectivity index (χ2v) is 5.17. The van der Waals surface area contributed by atoms with Crippen LogP contribution in [0.25, 0.3) is 0 Å². The van der Waals surface area contributed by atoms with E-state index in [0.29, 0.717) is 5.54 Å². The van der Waals surface area contributed by atoms with Gasteiger partial charge in [0.25, 0.3) is 0 Å². The lowest BCUT2D eigenvalue weighted by molar-refractivity contribution is 0.130. The lowest BCUT2D eigenvalue weighted by atomic mass is 9.90. The van der Waals surface area contributed by atoms with E-state index in [1.807, 2.05) is 11.8 Å². The molecule has 0 aromatic heterocycles. The fraction of sp³-hybridized carbons (Fsp3) is 1.00. The van der Waals surface area contributed by atoms with Gasteiger partial charge in [-0.2, -0.15) is 11.8 Å². The zero-order chi connectivity index (χ0) is 10.4. The molecule has 0 bridgehead atoms. The minimum absolute atomic E-state index is 0.399. The molecular weight excluding hydrogens is 192 g/mol. The van der Waals surface area contributed by atoms with Gasteiger partial charge in [0.2, 0.25) is 0 Å². The Balaban J connectivity index is 2.41. The van der Waals surface area contributed by atoms with Crippen LogP contribution in [-0.4, -0.2) is 48.6 Å². The van der Waals surface area contributed by atoms with Crippen LogP contribution in [0.2, 0.25) is 0 Å². The Kier molecular flexibility index (Phi) is 5.28. The van der Waals surface area contributed by atoms with Crippen LogP contribution in [0.3, 0.4) is 0 Å². The molecule has 0 amide bonds. The molecular formula is C11H24N2S. The van der Waals surface area contributed by atoms with Crippen molar-refractivity contribution in [2.45, 2.75) is 32.2 Å². The van der Waals surface area contributed by atoms with Crippen LogP contribution in [0.5, 0.6) is 0 Å². The zero-order valence-corrected chi connectivity index (χ0v) is 10.6. The van der Waals surface area contributed by atoms with Crippen LogP contribution in [-0.2, 0) is 0 Å². The number of rotatable bonds is 5. The molecule has 2 nitrogen and oxygen atoms in total. The minimum Gasteiger partial charge on any atom is -0.309 e. The van der Waals surface area contributed by atoms with Crippen LogP contribution in [0.4, 0.5) is 0 Å². The van der Waals surface area contributed by atoms with E-state index in [9.17, 15) is 0 Å². The highest BCUT2D eigenvalue weighted by molar-refractivity contribution is 7.98. The first kappa shape index (κ1) is 12.3. The van der Waals surface area contributed by atoms with Gasteiger partial charge in [-0.25, -0.2) is 0 Å². The van der Waals surface area contributed by atoms with Gasteiger partial charge in [0.05, 0.1) is 0 Å². The second-order valence-electron chi connectivity index (χ2n) is 4.18. The zero-order valence-electron chi connectivity index (χ0n) is 9.81. The number of piperazine rings is 1. The summed E-state index contributed by atoms with van der Waals surface area (Å²) in [4.78, 5) is 2.61. The van der Waals surface area contributed by atoms with Gasteiger partial charge >= 0.3 is 0 Å². The standard InChI is InChI=1S/C11H24N2S/c1-4-11(5-2)10-13(7-6-12-11)8-9-14-3/h12H,4-10H2,1-3H3. The van der Waals surface area contributed by atoms with Crippen LogP contribution < -0.4 is 5.32 Å². The van der Waals surface area contributed by atoms with E-state index in [0.717, 1.165) is 6.54 Å². The van der Waals surface area contributed by atoms with Crippen LogP contribution in [0.15, 0.2) is 0 Å². The maximum atomic E-state index is 3.69. The van der Waals surface area contributed by atoms with Gasteiger partial charge in [-0.15, -0.1) is 0 Å². The Morgan fingerprint density at radius 3 is 2.64 bits per heavy atom. The predicted molar refractivity (Wildman–Crippen MR) is 66.1 cm³/mol. The van der Waals surface area contributed by atoms with Gasteiger partial charge in [-0.05, 0) is 19.1 Å². The van der Waals surface area contributed by atoms with Crippen molar-refractivity contribution in [3.05, 3.63) is 0 Å². The topological polar surface area (TPSA) is 15.3 Å². The first-order chi connectivity index (χ1) is 6.76. The molecule has 0 unspecified atom stereocenters. The maximum Gasteiger partial charge on any atom is 0.0304 e. The highest BCUT2D eigenvalue weighted by atomic mass is 32.2. The Labute approximate surface area is 92.8 Å². The molecule has 84 valence electrons. The summed E-state index contributed by atoms with van der Waals surface area (Å²) in [5.41, 5.74) is 0.399. The average Bonchev–Trinajstić information content (AvgIpc) is 2.26. The normalized spacial score (nSPS) is 22.5. The summed E-state index contributed by atoms with van der Waals surface area (Å²) in [6.07, 6.45) is 4.69. The van der Waals surface area contributed by atoms with E-state index < -0.39 is 0 Å². The Morgan fingerprint density at radius 1 is 1.36 bits per heavy atom. The van der Waals surface area contributed by atoms with Crippen LogP contribution in [0.1, 0.15) is 26.7 Å². The number of nitrogens with one attached hydrogen (secondary N) is 1. The van der Waals surface area contributed by atoms with Gasteiger partial charge in [0.15, 0.2) is 0 Å². The lowest BCUT2D eigenvalue weighted by Crippen LogP contribution is -2.60. The molecule has 1 heterocycles. The van der Waals surface area contributed by atoms with Crippen molar-refractivity contribution < 1.29 is 0 Å². The summed E-state index contributed by atoms with van der Waals surface area (Å²) in [6, 6.07) is 0. The molecule has 0 aliphatic carbocycles. The first-order valence-electron chi connectivity index (χ1n) is 5.72. The third kappa shape index (κ3) is 3.14. The van der Waals surface area contributed by atoms with E-state index in [2.05, 4.69) is 30.3 Å². The molecule has 0 aromatic carbocycles. The van der Waals surface area contributed by atoms with E-state index in [1.54, 1.807) is 0 Å². The van der Waals surface area contributed by atoms with Crippen LogP contribution in [0, 0.1) is 0 Å². The molecule has 1 aliphatic rings. The maximum absolute atomic E-state index is 3.69. The molecule has 1 saturated heterocycles. The number of nitrogens with zero attached hydrogens (tertiary/aromatic N) is 1. The molecule has 1 aliphatic heterocycles. The molecule has 0 saturated carbocycles.